The maximum atomic E-state index is 13.4. The largest absolute Gasteiger partial charge is 0.743 e. The molecule has 12 nitrogen and oxygen atoms in total. The van der Waals surface area contributed by atoms with Crippen LogP contribution >= 0.6 is 0 Å². The van der Waals surface area contributed by atoms with E-state index in [9.17, 15) is 61.9 Å². The normalized spacial score (nSPS) is 26.0. The van der Waals surface area contributed by atoms with Gasteiger partial charge in [0.1, 0.15) is 13.2 Å². The van der Waals surface area contributed by atoms with Crippen molar-refractivity contribution in [2.24, 2.45) is 11.8 Å². The molecule has 2 saturated carbocycles. The van der Waals surface area contributed by atoms with Crippen molar-refractivity contribution in [2.45, 2.75) is 92.7 Å². The molecule has 2 unspecified atom stereocenters. The fourth-order valence-corrected chi connectivity index (χ4v) is 5.54. The summed E-state index contributed by atoms with van der Waals surface area (Å²) in [7, 11) is -12.5. The molecule has 2 atom stereocenters. The molecule has 0 aliphatic heterocycles. The number of carbonyl (C=O) groups is 2. The van der Waals surface area contributed by atoms with Crippen LogP contribution in [-0.4, -0.2) is 86.3 Å². The first-order chi connectivity index (χ1) is 18.7. The van der Waals surface area contributed by atoms with Crippen molar-refractivity contribution in [2.75, 3.05) is 13.2 Å². The third-order valence-corrected chi connectivity index (χ3v) is 8.97. The summed E-state index contributed by atoms with van der Waals surface area (Å²) < 4.78 is 150. The zero-order valence-corrected chi connectivity index (χ0v) is 23.0. The van der Waals surface area contributed by atoms with Gasteiger partial charge in [0.05, 0.1) is 0 Å². The van der Waals surface area contributed by atoms with Gasteiger partial charge in [0, 0.05) is 12.1 Å². The van der Waals surface area contributed by atoms with Gasteiger partial charge in [-0.15, -0.1) is 0 Å². The molecule has 0 aromatic heterocycles. The van der Waals surface area contributed by atoms with Crippen molar-refractivity contribution in [3.8, 4) is 0 Å². The lowest BCUT2D eigenvalue weighted by molar-refractivity contribution is -0.0313. The summed E-state index contributed by atoms with van der Waals surface area (Å²) in [4.78, 5) is 23.5. The van der Waals surface area contributed by atoms with Crippen molar-refractivity contribution < 1.29 is 71.3 Å². The predicted molar refractivity (Wildman–Crippen MR) is 124 cm³/mol. The Hall–Kier alpha value is -2.06. The van der Waals surface area contributed by atoms with Gasteiger partial charge >= 0.3 is 22.7 Å². The van der Waals surface area contributed by atoms with Gasteiger partial charge < -0.3 is 29.2 Å². The second-order valence-electron chi connectivity index (χ2n) is 10.1. The fraction of sp³-hybridized carbons (Fsp3) is 0.905. The fourth-order valence-electron chi connectivity index (χ4n) is 4.78. The smallest absolute Gasteiger partial charge is 0.407 e. The summed E-state index contributed by atoms with van der Waals surface area (Å²) in [5.74, 6) is 0.584. The van der Waals surface area contributed by atoms with Gasteiger partial charge in [-0.25, -0.2) is 35.2 Å². The third kappa shape index (κ3) is 10.0. The van der Waals surface area contributed by atoms with Crippen molar-refractivity contribution in [3.63, 3.8) is 0 Å². The van der Waals surface area contributed by atoms with E-state index in [1.807, 2.05) is 0 Å². The van der Waals surface area contributed by atoms with Crippen LogP contribution in [0, 0.1) is 11.8 Å². The van der Waals surface area contributed by atoms with Crippen LogP contribution in [0.1, 0.15) is 57.8 Å². The molecular formula is C21H30F6N2O10S2-2. The van der Waals surface area contributed by atoms with E-state index in [0.717, 1.165) is 6.42 Å². The van der Waals surface area contributed by atoms with E-state index in [1.165, 1.54) is 0 Å². The minimum atomic E-state index is -6.27. The lowest BCUT2D eigenvalue weighted by Gasteiger charge is -2.34. The summed E-state index contributed by atoms with van der Waals surface area (Å²) >= 11 is 0. The minimum absolute atomic E-state index is 0.292. The van der Waals surface area contributed by atoms with Gasteiger partial charge in [0.15, 0.2) is 20.2 Å². The first kappa shape index (κ1) is 35.1. The predicted octanol–water partition coefficient (Wildman–Crippen LogP) is 2.90. The maximum Gasteiger partial charge on any atom is 0.407 e. The van der Waals surface area contributed by atoms with Gasteiger partial charge in [0.25, 0.3) is 0 Å². The highest BCUT2D eigenvalue weighted by Crippen LogP contribution is 2.36. The van der Waals surface area contributed by atoms with E-state index < -0.39 is 68.5 Å². The third-order valence-electron chi connectivity index (χ3n) is 7.12. The molecule has 2 N–H and O–H groups in total. The van der Waals surface area contributed by atoms with Crippen molar-refractivity contribution in [1.29, 1.82) is 0 Å². The molecule has 0 spiro atoms. The standard InChI is InChI=1S/C21H32F6N2O10S2/c22-16(20(24,25)40(32,33)34)10-38-18(30)28-14-5-1-12(2-6-14)9-13-3-7-15(8-4-13)29-19(31)39-11-17(23)21(26,27)41(35,36)37/h12-17H,1-11H2,(H,28,30)(H,29,31)(H,32,33,34)(H,35,36,37)/p-2. The van der Waals surface area contributed by atoms with E-state index >= 15 is 0 Å². The lowest BCUT2D eigenvalue weighted by atomic mass is 9.76. The zero-order chi connectivity index (χ0) is 31.2. The van der Waals surface area contributed by atoms with Crippen LogP contribution in [0.3, 0.4) is 0 Å². The molecule has 2 rings (SSSR count). The molecule has 2 aliphatic rings. The number of halogens is 6. The van der Waals surface area contributed by atoms with Gasteiger partial charge in [0.2, 0.25) is 12.3 Å². The topological polar surface area (TPSA) is 191 Å². The number of ether oxygens (including phenoxy) is 2. The molecular weight excluding hydrogens is 618 g/mol. The highest BCUT2D eigenvalue weighted by atomic mass is 32.2. The van der Waals surface area contributed by atoms with E-state index in [1.54, 1.807) is 0 Å². The molecule has 2 fully saturated rings. The second kappa shape index (κ2) is 13.9. The van der Waals surface area contributed by atoms with Crippen LogP contribution in [-0.2, 0) is 29.7 Å². The van der Waals surface area contributed by atoms with Gasteiger partial charge in [-0.1, -0.05) is 0 Å². The first-order valence-electron chi connectivity index (χ1n) is 12.5. The highest BCUT2D eigenvalue weighted by Gasteiger charge is 2.49. The quantitative estimate of drug-likeness (QED) is 0.235. The number of hydrogen-bond donors (Lipinski definition) is 2. The number of nitrogens with one attached hydrogen (secondary N) is 2. The summed E-state index contributed by atoms with van der Waals surface area (Å²) in [6, 6.07) is -0.770. The number of alkyl halides is 6. The minimum Gasteiger partial charge on any atom is -0.743 e. The zero-order valence-electron chi connectivity index (χ0n) is 21.4. The molecule has 240 valence electrons. The summed E-state index contributed by atoms with van der Waals surface area (Å²) in [5.41, 5.74) is 0. The summed E-state index contributed by atoms with van der Waals surface area (Å²) in [5, 5.41) is -5.72. The Morgan fingerprint density at radius 1 is 0.683 bits per heavy atom. The number of alkyl carbamates (subject to hydrolysis) is 2. The molecule has 41 heavy (non-hydrogen) atoms. The Morgan fingerprint density at radius 2 is 0.976 bits per heavy atom. The SMILES string of the molecule is O=C(NC1CCC(CC2CCC(NC(=O)OCC(F)C(F)(F)S(=O)(=O)[O-])CC2)CC1)OCC(F)C(F)(F)S(=O)(=O)[O-]. The molecule has 0 saturated heterocycles. The van der Waals surface area contributed by atoms with Crippen LogP contribution in [0.4, 0.5) is 35.9 Å². The molecule has 0 aromatic carbocycles. The van der Waals surface area contributed by atoms with Gasteiger partial charge in [-0.05, 0) is 69.6 Å². The van der Waals surface area contributed by atoms with E-state index in [0.29, 0.717) is 63.2 Å². The summed E-state index contributed by atoms with van der Waals surface area (Å²) in [6.45, 7) is -3.24. The average molecular weight is 649 g/mol. The maximum absolute atomic E-state index is 13.4. The van der Waals surface area contributed by atoms with Gasteiger partial charge in [-0.3, -0.25) is 0 Å². The second-order valence-corrected chi connectivity index (χ2v) is 13.0. The van der Waals surface area contributed by atoms with Crippen molar-refractivity contribution in [1.82, 2.24) is 10.6 Å². The Bertz CT molecular complexity index is 1030. The summed E-state index contributed by atoms with van der Waals surface area (Å²) in [6.07, 6.45) is -3.85. The van der Waals surface area contributed by atoms with Crippen LogP contribution in [0.2, 0.25) is 0 Å². The number of rotatable bonds is 12. The van der Waals surface area contributed by atoms with Crippen LogP contribution in [0.5, 0.6) is 0 Å². The van der Waals surface area contributed by atoms with Crippen LogP contribution in [0.25, 0.3) is 0 Å². The molecule has 0 radical (unpaired) electrons. The lowest BCUT2D eigenvalue weighted by Crippen LogP contribution is -2.44. The number of hydrogen-bond acceptors (Lipinski definition) is 10. The first-order valence-corrected chi connectivity index (χ1v) is 15.4. The van der Waals surface area contributed by atoms with E-state index in [-0.39, 0.29) is 12.1 Å². The molecule has 0 heterocycles. The Kier molecular flexibility index (Phi) is 11.9. The van der Waals surface area contributed by atoms with Crippen molar-refractivity contribution in [3.05, 3.63) is 0 Å². The van der Waals surface area contributed by atoms with E-state index in [4.69, 9.17) is 0 Å². The van der Waals surface area contributed by atoms with Crippen LogP contribution < -0.4 is 10.6 Å². The average Bonchev–Trinajstić information content (AvgIpc) is 2.86. The monoisotopic (exact) mass is 648 g/mol. The highest BCUT2D eigenvalue weighted by molar-refractivity contribution is 7.87. The van der Waals surface area contributed by atoms with Crippen molar-refractivity contribution >= 4 is 32.4 Å². The van der Waals surface area contributed by atoms with Crippen LogP contribution in [0.15, 0.2) is 0 Å². The Morgan fingerprint density at radius 3 is 1.24 bits per heavy atom. The van der Waals surface area contributed by atoms with E-state index in [2.05, 4.69) is 20.1 Å². The molecule has 0 bridgehead atoms. The molecule has 2 aliphatic carbocycles. The Labute approximate surface area is 232 Å². The Balaban J connectivity index is 1.64. The number of amides is 2. The molecule has 0 aromatic rings. The molecule has 20 heteroatoms. The number of carbonyl (C=O) groups excluding carboxylic acids is 2. The molecule has 2 amide bonds. The van der Waals surface area contributed by atoms with Gasteiger partial charge in [-0.2, -0.15) is 17.6 Å².